The zero-order valence-electron chi connectivity index (χ0n) is 8.30. The molecular formula is C10H8F3NO2. The van der Waals surface area contributed by atoms with E-state index in [-0.39, 0.29) is 22.6 Å². The smallest absolute Gasteiger partial charge is 0.420 e. The quantitative estimate of drug-likeness (QED) is 0.820. The number of halogens is 3. The molecule has 0 radical (unpaired) electrons. The number of hydrogen-bond acceptors (Lipinski definition) is 3. The summed E-state index contributed by atoms with van der Waals surface area (Å²) in [6.45, 7) is 1.00. The first kappa shape index (κ1) is 10.9. The van der Waals surface area contributed by atoms with E-state index >= 15 is 0 Å². The second-order valence-corrected chi connectivity index (χ2v) is 3.38. The Morgan fingerprint density at radius 1 is 1.38 bits per heavy atom. The summed E-state index contributed by atoms with van der Waals surface area (Å²) in [6.07, 6.45) is -4.52. The average Bonchev–Trinajstić information content (AvgIpc) is 2.54. The van der Waals surface area contributed by atoms with Gasteiger partial charge in [-0.2, -0.15) is 13.2 Å². The highest BCUT2D eigenvalue weighted by Crippen LogP contribution is 2.36. The first-order valence-electron chi connectivity index (χ1n) is 4.50. The van der Waals surface area contributed by atoms with Crippen molar-refractivity contribution in [2.24, 2.45) is 0 Å². The molecule has 1 aromatic heterocycles. The third-order valence-corrected chi connectivity index (χ3v) is 2.14. The van der Waals surface area contributed by atoms with E-state index in [2.05, 4.69) is 4.98 Å². The van der Waals surface area contributed by atoms with E-state index in [9.17, 15) is 13.2 Å². The Morgan fingerprint density at radius 2 is 2.06 bits per heavy atom. The summed E-state index contributed by atoms with van der Waals surface area (Å²) in [5, 5.41) is 8.87. The average molecular weight is 231 g/mol. The van der Waals surface area contributed by atoms with Gasteiger partial charge in [-0.05, 0) is 17.7 Å². The number of nitrogens with zero attached hydrogens (tertiary/aromatic N) is 1. The van der Waals surface area contributed by atoms with Gasteiger partial charge < -0.3 is 9.52 Å². The molecule has 86 valence electrons. The zero-order chi connectivity index (χ0) is 11.9. The molecule has 0 bridgehead atoms. The van der Waals surface area contributed by atoms with Gasteiger partial charge >= 0.3 is 6.18 Å². The lowest BCUT2D eigenvalue weighted by atomic mass is 10.1. The fourth-order valence-corrected chi connectivity index (χ4v) is 1.50. The van der Waals surface area contributed by atoms with Gasteiger partial charge in [-0.25, -0.2) is 4.98 Å². The molecule has 2 aromatic rings. The van der Waals surface area contributed by atoms with Crippen LogP contribution in [0.4, 0.5) is 13.2 Å². The fourth-order valence-electron chi connectivity index (χ4n) is 1.50. The lowest BCUT2D eigenvalue weighted by Crippen LogP contribution is -2.06. The van der Waals surface area contributed by atoms with E-state index in [0.717, 1.165) is 6.07 Å². The molecule has 16 heavy (non-hydrogen) atoms. The van der Waals surface area contributed by atoms with E-state index in [4.69, 9.17) is 9.52 Å². The van der Waals surface area contributed by atoms with Gasteiger partial charge in [-0.3, -0.25) is 0 Å². The summed E-state index contributed by atoms with van der Waals surface area (Å²) >= 11 is 0. The minimum absolute atomic E-state index is 0.108. The second kappa shape index (κ2) is 3.48. The molecule has 3 nitrogen and oxygen atoms in total. The van der Waals surface area contributed by atoms with Crippen LogP contribution in [0.5, 0.6) is 0 Å². The molecular weight excluding hydrogens is 223 g/mol. The van der Waals surface area contributed by atoms with E-state index in [1.54, 1.807) is 0 Å². The Hall–Kier alpha value is -1.56. The number of alkyl halides is 3. The summed E-state index contributed by atoms with van der Waals surface area (Å²) in [5.74, 6) is 0.163. The molecule has 0 spiro atoms. The number of aryl methyl sites for hydroxylation is 1. The Labute approximate surface area is 88.5 Å². The number of aromatic nitrogens is 1. The van der Waals surface area contributed by atoms with Crippen LogP contribution in [-0.2, 0) is 12.8 Å². The normalized spacial score (nSPS) is 12.3. The first-order chi connectivity index (χ1) is 7.41. The number of aliphatic hydroxyl groups excluding tert-OH is 1. The summed E-state index contributed by atoms with van der Waals surface area (Å²) in [4.78, 5) is 3.82. The van der Waals surface area contributed by atoms with E-state index in [1.807, 2.05) is 0 Å². The van der Waals surface area contributed by atoms with E-state index < -0.39 is 18.3 Å². The molecule has 1 heterocycles. The number of aliphatic hydroxyl groups is 1. The van der Waals surface area contributed by atoms with Gasteiger partial charge in [0.2, 0.25) is 0 Å². The maximum absolute atomic E-state index is 12.7. The van der Waals surface area contributed by atoms with Gasteiger partial charge in [0, 0.05) is 6.92 Å². The van der Waals surface area contributed by atoms with Crippen LogP contribution in [0.25, 0.3) is 11.1 Å². The molecule has 0 aliphatic rings. The molecule has 6 heteroatoms. The van der Waals surface area contributed by atoms with Crippen LogP contribution in [-0.4, -0.2) is 10.1 Å². The number of oxazole rings is 1. The van der Waals surface area contributed by atoms with Crippen molar-refractivity contribution in [1.29, 1.82) is 0 Å². The summed E-state index contributed by atoms with van der Waals surface area (Å²) in [5.41, 5.74) is -0.929. The maximum Gasteiger partial charge on any atom is 0.420 e. The minimum atomic E-state index is -4.52. The first-order valence-corrected chi connectivity index (χ1v) is 4.50. The second-order valence-electron chi connectivity index (χ2n) is 3.38. The van der Waals surface area contributed by atoms with Crippen molar-refractivity contribution < 1.29 is 22.7 Å². The van der Waals surface area contributed by atoms with Gasteiger partial charge in [0.25, 0.3) is 0 Å². The van der Waals surface area contributed by atoms with Crippen molar-refractivity contribution in [1.82, 2.24) is 4.98 Å². The molecule has 2 rings (SSSR count). The highest BCUT2D eigenvalue weighted by atomic mass is 19.4. The largest absolute Gasteiger partial charge is 0.440 e. The summed E-state index contributed by atoms with van der Waals surface area (Å²) in [6, 6.07) is 2.24. The van der Waals surface area contributed by atoms with Crippen molar-refractivity contribution in [3.63, 3.8) is 0 Å². The summed E-state index contributed by atoms with van der Waals surface area (Å²) < 4.78 is 42.9. The highest BCUT2D eigenvalue weighted by Gasteiger charge is 2.35. The number of hydrogen-bond donors (Lipinski definition) is 1. The Morgan fingerprint density at radius 3 is 2.62 bits per heavy atom. The van der Waals surface area contributed by atoms with Crippen LogP contribution in [0.1, 0.15) is 17.0 Å². The lowest BCUT2D eigenvalue weighted by Gasteiger charge is -2.07. The van der Waals surface area contributed by atoms with Crippen molar-refractivity contribution in [2.45, 2.75) is 19.7 Å². The Kier molecular flexibility index (Phi) is 2.38. The van der Waals surface area contributed by atoms with Gasteiger partial charge in [-0.15, -0.1) is 0 Å². The number of benzene rings is 1. The molecule has 0 saturated heterocycles. The van der Waals surface area contributed by atoms with E-state index in [1.165, 1.54) is 13.0 Å². The van der Waals surface area contributed by atoms with Crippen LogP contribution in [0, 0.1) is 6.92 Å². The van der Waals surface area contributed by atoms with Crippen LogP contribution in [0.15, 0.2) is 16.5 Å². The van der Waals surface area contributed by atoms with Gasteiger partial charge in [0.1, 0.15) is 11.1 Å². The topological polar surface area (TPSA) is 46.3 Å². The molecule has 0 aliphatic heterocycles. The predicted molar refractivity (Wildman–Crippen MR) is 49.7 cm³/mol. The van der Waals surface area contributed by atoms with Crippen LogP contribution < -0.4 is 0 Å². The third-order valence-electron chi connectivity index (χ3n) is 2.14. The SMILES string of the molecule is Cc1nc2cc(CO)cc(C(F)(F)F)c2o1. The minimum Gasteiger partial charge on any atom is -0.440 e. The Balaban J connectivity index is 2.78. The molecule has 0 unspecified atom stereocenters. The summed E-state index contributed by atoms with van der Waals surface area (Å²) in [7, 11) is 0. The van der Waals surface area contributed by atoms with Crippen molar-refractivity contribution in [3.05, 3.63) is 29.2 Å². The van der Waals surface area contributed by atoms with Gasteiger partial charge in [0.05, 0.1) is 6.61 Å². The lowest BCUT2D eigenvalue weighted by molar-refractivity contribution is -0.136. The standard InChI is InChI=1S/C10H8F3NO2/c1-5-14-8-3-6(4-15)2-7(9(8)16-5)10(11,12)13/h2-3,15H,4H2,1H3. The van der Waals surface area contributed by atoms with Crippen molar-refractivity contribution >= 4 is 11.1 Å². The molecule has 0 amide bonds. The molecule has 0 aliphatic carbocycles. The maximum atomic E-state index is 12.7. The molecule has 0 atom stereocenters. The number of rotatable bonds is 1. The molecule has 1 aromatic carbocycles. The molecule has 1 N–H and O–H groups in total. The van der Waals surface area contributed by atoms with Crippen molar-refractivity contribution in [2.75, 3.05) is 0 Å². The van der Waals surface area contributed by atoms with Crippen LogP contribution in [0.3, 0.4) is 0 Å². The third kappa shape index (κ3) is 1.76. The molecule has 0 saturated carbocycles. The van der Waals surface area contributed by atoms with E-state index in [0.29, 0.717) is 0 Å². The number of fused-ring (bicyclic) bond motifs is 1. The fraction of sp³-hybridized carbons (Fsp3) is 0.300. The predicted octanol–water partition coefficient (Wildman–Crippen LogP) is 2.65. The highest BCUT2D eigenvalue weighted by molar-refractivity contribution is 5.78. The van der Waals surface area contributed by atoms with Gasteiger partial charge in [-0.1, -0.05) is 0 Å². The van der Waals surface area contributed by atoms with Crippen molar-refractivity contribution in [3.8, 4) is 0 Å². The van der Waals surface area contributed by atoms with Crippen LogP contribution >= 0.6 is 0 Å². The monoisotopic (exact) mass is 231 g/mol. The van der Waals surface area contributed by atoms with Gasteiger partial charge in [0.15, 0.2) is 11.5 Å². The Bertz CT molecular complexity index is 531. The van der Waals surface area contributed by atoms with Crippen LogP contribution in [0.2, 0.25) is 0 Å². The zero-order valence-corrected chi connectivity index (χ0v) is 8.30. The molecule has 0 fully saturated rings.